The van der Waals surface area contributed by atoms with E-state index in [0.29, 0.717) is 0 Å². The summed E-state index contributed by atoms with van der Waals surface area (Å²) in [6.07, 6.45) is 4.61. The molecule has 0 saturated heterocycles. The normalized spacial score (nSPS) is 17.2. The molecule has 0 spiro atoms. The number of para-hydroxylation sites is 1. The molecule has 1 heteroatoms. The summed E-state index contributed by atoms with van der Waals surface area (Å²) in [5.74, 6) is 0. The molecule has 0 unspecified atom stereocenters. The average molecular weight is 419 g/mol. The van der Waals surface area contributed by atoms with Gasteiger partial charge in [0.05, 0.1) is 0 Å². The van der Waals surface area contributed by atoms with E-state index in [-0.39, 0.29) is 11.0 Å². The van der Waals surface area contributed by atoms with Gasteiger partial charge in [0.15, 0.2) is 5.54 Å². The maximum absolute atomic E-state index is 2.70. The largest absolute Gasteiger partial charge is 0.213 e. The smallest absolute Gasteiger partial charge is 0.186 e. The molecule has 4 aromatic rings. The Kier molecular flexibility index (Phi) is 4.18. The van der Waals surface area contributed by atoms with Crippen LogP contribution in [0.1, 0.15) is 63.6 Å². The van der Waals surface area contributed by atoms with Crippen LogP contribution in [0, 0.1) is 0 Å². The third kappa shape index (κ3) is 2.48. The van der Waals surface area contributed by atoms with Crippen molar-refractivity contribution in [3.8, 4) is 22.4 Å². The number of hydrogen-bond donors (Lipinski definition) is 0. The highest BCUT2D eigenvalue weighted by atomic mass is 15.1. The molecule has 6 rings (SSSR count). The molecule has 0 fully saturated rings. The lowest BCUT2D eigenvalue weighted by Crippen LogP contribution is -2.57. The molecule has 1 aliphatic heterocycles. The zero-order valence-corrected chi connectivity index (χ0v) is 19.7. The summed E-state index contributed by atoms with van der Waals surface area (Å²) in [4.78, 5) is 0. The summed E-state index contributed by atoms with van der Waals surface area (Å²) >= 11 is 0. The second kappa shape index (κ2) is 6.78. The van der Waals surface area contributed by atoms with Crippen molar-refractivity contribution >= 4 is 10.9 Å². The van der Waals surface area contributed by atoms with E-state index in [1.807, 2.05) is 0 Å². The van der Waals surface area contributed by atoms with Crippen molar-refractivity contribution in [2.75, 3.05) is 0 Å². The molecule has 1 aliphatic carbocycles. The maximum atomic E-state index is 2.70. The van der Waals surface area contributed by atoms with Gasteiger partial charge in [-0.05, 0) is 58.5 Å². The molecule has 1 nitrogen and oxygen atoms in total. The van der Waals surface area contributed by atoms with E-state index in [2.05, 4.69) is 105 Å². The molecular formula is C31H32N+. The van der Waals surface area contributed by atoms with Crippen LogP contribution in [-0.4, -0.2) is 0 Å². The lowest BCUT2D eigenvalue weighted by atomic mass is 9.81. The Bertz CT molecular complexity index is 1370. The van der Waals surface area contributed by atoms with Gasteiger partial charge in [-0.2, -0.15) is 4.57 Å². The Hall–Kier alpha value is -2.93. The van der Waals surface area contributed by atoms with Crippen LogP contribution in [0.2, 0.25) is 0 Å². The fourth-order valence-electron chi connectivity index (χ4n) is 6.56. The molecule has 3 aromatic carbocycles. The fraction of sp³-hybridized carbons (Fsp3) is 0.323. The number of rotatable bonds is 2. The Labute approximate surface area is 191 Å². The quantitative estimate of drug-likeness (QED) is 0.296. The summed E-state index contributed by atoms with van der Waals surface area (Å²) in [6.45, 7) is 9.52. The van der Waals surface area contributed by atoms with E-state index >= 15 is 0 Å². The first kappa shape index (κ1) is 19.7. The molecule has 32 heavy (non-hydrogen) atoms. The molecule has 0 amide bonds. The molecule has 0 bridgehead atoms. The Balaban J connectivity index is 1.69. The fourth-order valence-corrected chi connectivity index (χ4v) is 6.56. The number of pyridine rings is 1. The summed E-state index contributed by atoms with van der Waals surface area (Å²) in [5, 5.41) is 1.33. The number of aryl methyl sites for hydroxylation is 1. The number of nitrogens with zero attached hydrogens (tertiary/aromatic N) is 1. The number of aromatic nitrogens is 1. The van der Waals surface area contributed by atoms with Gasteiger partial charge in [-0.15, -0.1) is 0 Å². The van der Waals surface area contributed by atoms with Gasteiger partial charge in [0.25, 0.3) is 0 Å². The first-order valence-electron chi connectivity index (χ1n) is 12.2. The first-order chi connectivity index (χ1) is 15.5. The maximum Gasteiger partial charge on any atom is 0.213 e. The summed E-state index contributed by atoms with van der Waals surface area (Å²) in [5.41, 5.74) is 11.6. The molecule has 1 aromatic heterocycles. The molecule has 160 valence electrons. The van der Waals surface area contributed by atoms with E-state index in [1.165, 1.54) is 56.4 Å². The van der Waals surface area contributed by atoms with Gasteiger partial charge >= 0.3 is 0 Å². The average Bonchev–Trinajstić information content (AvgIpc) is 2.96. The topological polar surface area (TPSA) is 3.88 Å². The predicted molar refractivity (Wildman–Crippen MR) is 134 cm³/mol. The SMILES string of the molecule is CCC1(CC)CCc2cc3c(cc2-c2ccc4ccccc4[n+]21)C(C)(C)c1ccccc1-3. The highest BCUT2D eigenvalue weighted by Gasteiger charge is 2.44. The van der Waals surface area contributed by atoms with Crippen molar-refractivity contribution in [1.82, 2.24) is 0 Å². The van der Waals surface area contributed by atoms with E-state index in [4.69, 9.17) is 0 Å². The standard InChI is InChI=1S/C31H32N/c1-5-31(6-2)18-17-22-19-25-23-12-8-9-13-26(23)30(3,4)27(25)20-24(22)29-16-15-21-11-7-10-14-28(21)32(29)31/h7-16,19-20H,5-6,17-18H2,1-4H3/q+1. The molecule has 0 atom stereocenters. The van der Waals surface area contributed by atoms with Crippen LogP contribution in [0.3, 0.4) is 0 Å². The van der Waals surface area contributed by atoms with Crippen LogP contribution in [0.4, 0.5) is 0 Å². The summed E-state index contributed by atoms with van der Waals surface area (Å²) < 4.78 is 2.70. The van der Waals surface area contributed by atoms with E-state index in [1.54, 1.807) is 0 Å². The van der Waals surface area contributed by atoms with Gasteiger partial charge in [0.2, 0.25) is 11.2 Å². The van der Waals surface area contributed by atoms with Gasteiger partial charge < -0.3 is 0 Å². The summed E-state index contributed by atoms with van der Waals surface area (Å²) in [6, 6.07) is 27.7. The van der Waals surface area contributed by atoms with Crippen molar-refractivity contribution in [1.29, 1.82) is 0 Å². The third-order valence-corrected chi connectivity index (χ3v) is 8.57. The lowest BCUT2D eigenvalue weighted by molar-refractivity contribution is -0.734. The highest BCUT2D eigenvalue weighted by molar-refractivity contribution is 5.85. The number of hydrogen-bond acceptors (Lipinski definition) is 0. The predicted octanol–water partition coefficient (Wildman–Crippen LogP) is 7.56. The molecular weight excluding hydrogens is 386 g/mol. The van der Waals surface area contributed by atoms with Crippen LogP contribution < -0.4 is 4.57 Å². The minimum Gasteiger partial charge on any atom is -0.186 e. The van der Waals surface area contributed by atoms with Gasteiger partial charge in [0.1, 0.15) is 0 Å². The monoisotopic (exact) mass is 418 g/mol. The molecule has 2 heterocycles. The lowest BCUT2D eigenvalue weighted by Gasteiger charge is -2.27. The molecule has 0 radical (unpaired) electrons. The third-order valence-electron chi connectivity index (χ3n) is 8.57. The minimum absolute atomic E-state index is 0.0293. The molecule has 2 aliphatic rings. The second-order valence-corrected chi connectivity index (χ2v) is 10.3. The van der Waals surface area contributed by atoms with Crippen molar-refractivity contribution in [2.45, 2.75) is 64.3 Å². The van der Waals surface area contributed by atoms with E-state index in [0.717, 1.165) is 19.3 Å². The van der Waals surface area contributed by atoms with Crippen LogP contribution >= 0.6 is 0 Å². The number of fused-ring (bicyclic) bond motifs is 8. The number of benzene rings is 3. The zero-order chi connectivity index (χ0) is 22.1. The van der Waals surface area contributed by atoms with Crippen LogP contribution in [0.5, 0.6) is 0 Å². The zero-order valence-electron chi connectivity index (χ0n) is 19.7. The van der Waals surface area contributed by atoms with Crippen LogP contribution in [0.25, 0.3) is 33.3 Å². The Morgan fingerprint density at radius 3 is 2.31 bits per heavy atom. The first-order valence-corrected chi connectivity index (χ1v) is 12.2. The molecule has 0 N–H and O–H groups in total. The summed E-state index contributed by atoms with van der Waals surface area (Å²) in [7, 11) is 0. The van der Waals surface area contributed by atoms with Crippen molar-refractivity contribution in [3.63, 3.8) is 0 Å². The molecule has 0 saturated carbocycles. The highest BCUT2D eigenvalue weighted by Crippen LogP contribution is 2.51. The Morgan fingerprint density at radius 2 is 1.50 bits per heavy atom. The van der Waals surface area contributed by atoms with Crippen LogP contribution in [0.15, 0.2) is 72.8 Å². The Morgan fingerprint density at radius 1 is 0.750 bits per heavy atom. The van der Waals surface area contributed by atoms with Gasteiger partial charge in [-0.1, -0.05) is 64.1 Å². The van der Waals surface area contributed by atoms with Crippen molar-refractivity contribution in [3.05, 3.63) is 89.5 Å². The van der Waals surface area contributed by atoms with Crippen molar-refractivity contribution < 1.29 is 4.57 Å². The minimum atomic E-state index is 0.0293. The van der Waals surface area contributed by atoms with Gasteiger partial charge in [-0.25, -0.2) is 0 Å². The van der Waals surface area contributed by atoms with E-state index in [9.17, 15) is 0 Å². The van der Waals surface area contributed by atoms with Gasteiger partial charge in [0, 0.05) is 47.8 Å². The van der Waals surface area contributed by atoms with E-state index < -0.39 is 0 Å². The second-order valence-electron chi connectivity index (χ2n) is 10.3. The van der Waals surface area contributed by atoms with Gasteiger partial charge in [-0.3, -0.25) is 0 Å². The van der Waals surface area contributed by atoms with Crippen LogP contribution in [-0.2, 0) is 17.4 Å². The van der Waals surface area contributed by atoms with Crippen molar-refractivity contribution in [2.24, 2.45) is 0 Å².